The molecule has 240 valence electrons. The molecule has 5 rings (SSSR count). The summed E-state index contributed by atoms with van der Waals surface area (Å²) in [4.78, 5) is 30.1. The Kier molecular flexibility index (Phi) is 11.3. The molecule has 4 aromatic rings. The highest BCUT2D eigenvalue weighted by Gasteiger charge is 2.36. The van der Waals surface area contributed by atoms with Gasteiger partial charge in [0.25, 0.3) is 10.0 Å². The fourth-order valence-electron chi connectivity index (χ4n) is 5.63. The number of benzene rings is 4. The third-order valence-corrected chi connectivity index (χ3v) is 10.9. The van der Waals surface area contributed by atoms with Crippen LogP contribution in [0.1, 0.15) is 36.8 Å². The Balaban J connectivity index is 1.58. The van der Waals surface area contributed by atoms with Crippen LogP contribution in [0.4, 0.5) is 5.69 Å². The molecular weight excluding hydrogens is 665 g/mol. The van der Waals surface area contributed by atoms with Gasteiger partial charge in [-0.15, -0.1) is 0 Å². The molecule has 0 aromatic heterocycles. The van der Waals surface area contributed by atoms with Gasteiger partial charge in [0.1, 0.15) is 12.6 Å². The predicted octanol–water partition coefficient (Wildman–Crippen LogP) is 7.54. The molecule has 1 saturated carbocycles. The van der Waals surface area contributed by atoms with E-state index in [9.17, 15) is 18.0 Å². The van der Waals surface area contributed by atoms with Crippen LogP contribution in [0.15, 0.2) is 108 Å². The lowest BCUT2D eigenvalue weighted by atomic mass is 10.0. The van der Waals surface area contributed by atoms with E-state index in [1.807, 2.05) is 30.3 Å². The van der Waals surface area contributed by atoms with Crippen LogP contribution in [-0.4, -0.2) is 43.8 Å². The Morgan fingerprint density at radius 3 is 2.07 bits per heavy atom. The van der Waals surface area contributed by atoms with Gasteiger partial charge in [-0.1, -0.05) is 114 Å². The Bertz CT molecular complexity index is 1750. The van der Waals surface area contributed by atoms with E-state index in [0.29, 0.717) is 5.02 Å². The van der Waals surface area contributed by atoms with Crippen molar-refractivity contribution in [2.75, 3.05) is 10.8 Å². The molecule has 0 aliphatic heterocycles. The van der Waals surface area contributed by atoms with E-state index < -0.39 is 28.5 Å². The van der Waals surface area contributed by atoms with Gasteiger partial charge in [0, 0.05) is 24.0 Å². The average molecular weight is 699 g/mol. The summed E-state index contributed by atoms with van der Waals surface area (Å²) < 4.78 is 29.2. The van der Waals surface area contributed by atoms with Crippen LogP contribution < -0.4 is 9.62 Å². The van der Waals surface area contributed by atoms with E-state index in [2.05, 4.69) is 5.32 Å². The molecule has 1 aliphatic carbocycles. The van der Waals surface area contributed by atoms with Crippen LogP contribution in [0.5, 0.6) is 0 Å². The smallest absolute Gasteiger partial charge is 0.264 e. The zero-order chi connectivity index (χ0) is 32.7. The summed E-state index contributed by atoms with van der Waals surface area (Å²) in [7, 11) is -4.30. The minimum atomic E-state index is -4.30. The van der Waals surface area contributed by atoms with E-state index in [1.54, 1.807) is 54.6 Å². The Hall–Kier alpha value is -3.56. The zero-order valence-electron chi connectivity index (χ0n) is 25.0. The van der Waals surface area contributed by atoms with E-state index >= 15 is 0 Å². The molecule has 0 heterocycles. The van der Waals surface area contributed by atoms with Crippen molar-refractivity contribution in [2.24, 2.45) is 0 Å². The maximum Gasteiger partial charge on any atom is 0.264 e. The second-order valence-electron chi connectivity index (χ2n) is 11.2. The van der Waals surface area contributed by atoms with Crippen LogP contribution in [-0.2, 0) is 32.6 Å². The molecule has 4 aromatic carbocycles. The molecule has 0 radical (unpaired) electrons. The first kappa shape index (κ1) is 33.8. The number of halogens is 3. The molecule has 2 amide bonds. The number of hydrogen-bond donors (Lipinski definition) is 1. The number of hydrogen-bond acceptors (Lipinski definition) is 4. The number of carbonyl (C=O) groups is 2. The highest BCUT2D eigenvalue weighted by molar-refractivity contribution is 7.92. The largest absolute Gasteiger partial charge is 0.352 e. The quantitative estimate of drug-likeness (QED) is 0.166. The first-order chi connectivity index (χ1) is 22.1. The minimum Gasteiger partial charge on any atom is -0.352 e. The highest BCUT2D eigenvalue weighted by atomic mass is 35.5. The summed E-state index contributed by atoms with van der Waals surface area (Å²) in [6, 6.07) is 27.9. The number of amides is 2. The molecule has 1 atom stereocenters. The van der Waals surface area contributed by atoms with Crippen molar-refractivity contribution in [2.45, 2.75) is 55.6 Å². The number of sulfonamides is 1. The molecule has 11 heteroatoms. The second kappa shape index (κ2) is 15.4. The maximum absolute atomic E-state index is 14.6. The third-order valence-electron chi connectivity index (χ3n) is 8.05. The van der Waals surface area contributed by atoms with Crippen molar-refractivity contribution in [1.29, 1.82) is 0 Å². The normalized spacial score (nSPS) is 14.1. The van der Waals surface area contributed by atoms with Crippen molar-refractivity contribution < 1.29 is 18.0 Å². The van der Waals surface area contributed by atoms with Crippen LogP contribution in [0.25, 0.3) is 0 Å². The number of anilines is 1. The number of carbonyl (C=O) groups excluding carboxylic acids is 2. The summed E-state index contributed by atoms with van der Waals surface area (Å²) in [6.45, 7) is -0.596. The predicted molar refractivity (Wildman–Crippen MR) is 184 cm³/mol. The molecule has 0 bridgehead atoms. The standard InChI is InChI=1S/C35H34Cl3N3O4S/c36-27-20-18-26(19-21-27)23-40(32(22-25-10-3-1-4-11-25)35(43)39-28-12-7-8-13-28)33(42)24-41(31-17-9-16-30(37)34(31)38)46(44,45)29-14-5-2-6-15-29/h1-6,9-11,14-21,28,32H,7-8,12-13,22-24H2,(H,39,43)/t32-/m0/s1. The summed E-state index contributed by atoms with van der Waals surface area (Å²) >= 11 is 19.0. The Morgan fingerprint density at radius 1 is 0.783 bits per heavy atom. The average Bonchev–Trinajstić information content (AvgIpc) is 3.57. The van der Waals surface area contributed by atoms with Gasteiger partial charge in [-0.3, -0.25) is 13.9 Å². The highest BCUT2D eigenvalue weighted by Crippen LogP contribution is 2.35. The van der Waals surface area contributed by atoms with Crippen LogP contribution in [0.2, 0.25) is 15.1 Å². The van der Waals surface area contributed by atoms with Crippen molar-refractivity contribution in [3.8, 4) is 0 Å². The molecule has 1 fully saturated rings. The van der Waals surface area contributed by atoms with Crippen molar-refractivity contribution in [3.05, 3.63) is 129 Å². The van der Waals surface area contributed by atoms with Gasteiger partial charge in [0.15, 0.2) is 0 Å². The Labute approximate surface area is 285 Å². The lowest BCUT2D eigenvalue weighted by Crippen LogP contribution is -2.54. The number of nitrogens with one attached hydrogen (secondary N) is 1. The first-order valence-corrected chi connectivity index (χ1v) is 17.6. The minimum absolute atomic E-state index is 0.0125. The van der Waals surface area contributed by atoms with E-state index in [1.165, 1.54) is 23.1 Å². The molecule has 1 aliphatic rings. The summed E-state index contributed by atoms with van der Waals surface area (Å²) in [6.07, 6.45) is 4.00. The molecule has 0 unspecified atom stereocenters. The monoisotopic (exact) mass is 697 g/mol. The van der Waals surface area contributed by atoms with Gasteiger partial charge in [0.2, 0.25) is 11.8 Å². The van der Waals surface area contributed by atoms with Gasteiger partial charge in [-0.05, 0) is 60.4 Å². The molecular formula is C35H34Cl3N3O4S. The van der Waals surface area contributed by atoms with E-state index in [0.717, 1.165) is 41.1 Å². The topological polar surface area (TPSA) is 86.8 Å². The summed E-state index contributed by atoms with van der Waals surface area (Å²) in [5, 5.41) is 3.81. The lowest BCUT2D eigenvalue weighted by molar-refractivity contribution is -0.140. The van der Waals surface area contributed by atoms with E-state index in [-0.39, 0.29) is 45.5 Å². The van der Waals surface area contributed by atoms with Gasteiger partial charge in [-0.25, -0.2) is 8.42 Å². The molecule has 46 heavy (non-hydrogen) atoms. The van der Waals surface area contributed by atoms with Crippen molar-refractivity contribution >= 4 is 62.3 Å². The van der Waals surface area contributed by atoms with Gasteiger partial charge < -0.3 is 10.2 Å². The van der Waals surface area contributed by atoms with Gasteiger partial charge in [-0.2, -0.15) is 0 Å². The summed E-state index contributed by atoms with van der Waals surface area (Å²) in [5.74, 6) is -0.885. The van der Waals surface area contributed by atoms with Gasteiger partial charge >= 0.3 is 0 Å². The zero-order valence-corrected chi connectivity index (χ0v) is 28.1. The van der Waals surface area contributed by atoms with Crippen molar-refractivity contribution in [3.63, 3.8) is 0 Å². The van der Waals surface area contributed by atoms with E-state index in [4.69, 9.17) is 34.8 Å². The Morgan fingerprint density at radius 2 is 1.41 bits per heavy atom. The van der Waals surface area contributed by atoms with Crippen LogP contribution in [0, 0.1) is 0 Å². The second-order valence-corrected chi connectivity index (χ2v) is 14.3. The van der Waals surface area contributed by atoms with Crippen LogP contribution in [0.3, 0.4) is 0 Å². The fourth-order valence-corrected chi connectivity index (χ4v) is 7.65. The third kappa shape index (κ3) is 8.23. The molecule has 1 N–H and O–H groups in total. The number of nitrogens with zero attached hydrogens (tertiary/aromatic N) is 2. The lowest BCUT2D eigenvalue weighted by Gasteiger charge is -2.34. The first-order valence-electron chi connectivity index (χ1n) is 15.0. The fraction of sp³-hybridized carbons (Fsp3) is 0.257. The SMILES string of the molecule is O=C(NC1CCCC1)[C@H](Cc1ccccc1)N(Cc1ccc(Cl)cc1)C(=O)CN(c1cccc(Cl)c1Cl)S(=O)(=O)c1ccccc1. The molecule has 0 saturated heterocycles. The van der Waals surface area contributed by atoms with Crippen LogP contribution >= 0.6 is 34.8 Å². The summed E-state index contributed by atoms with van der Waals surface area (Å²) in [5.41, 5.74) is 1.63. The molecule has 0 spiro atoms. The number of rotatable bonds is 12. The van der Waals surface area contributed by atoms with Crippen molar-refractivity contribution in [1.82, 2.24) is 10.2 Å². The molecule has 7 nitrogen and oxygen atoms in total. The van der Waals surface area contributed by atoms with Gasteiger partial charge in [0.05, 0.1) is 20.6 Å². The maximum atomic E-state index is 14.6.